The maximum Gasteiger partial charge on any atom is 0.498 e. The number of hydrogen-bond donors (Lipinski definition) is 2. The van der Waals surface area contributed by atoms with Gasteiger partial charge in [-0.3, -0.25) is 4.79 Å². The van der Waals surface area contributed by atoms with E-state index in [1.807, 2.05) is 27.7 Å². The van der Waals surface area contributed by atoms with E-state index in [0.29, 0.717) is 25.1 Å². The maximum absolute atomic E-state index is 12.4. The van der Waals surface area contributed by atoms with Gasteiger partial charge < -0.3 is 29.3 Å². The summed E-state index contributed by atoms with van der Waals surface area (Å²) in [6.45, 7) is 8.58. The molecule has 0 radical (unpaired) electrons. The van der Waals surface area contributed by atoms with Crippen LogP contribution in [0.4, 0.5) is 5.95 Å². The fraction of sp³-hybridized carbons (Fsp3) is 0.762. The van der Waals surface area contributed by atoms with Crippen molar-refractivity contribution in [3.8, 4) is 0 Å². The molecule has 1 unspecified atom stereocenters. The normalized spacial score (nSPS) is 26.1. The molecule has 3 heterocycles. The van der Waals surface area contributed by atoms with Crippen LogP contribution in [0.25, 0.3) is 0 Å². The Hall–Kier alpha value is -1.75. The van der Waals surface area contributed by atoms with Gasteiger partial charge in [0.15, 0.2) is 6.10 Å². The van der Waals surface area contributed by atoms with Gasteiger partial charge in [0.1, 0.15) is 0 Å². The minimum Gasteiger partial charge on any atom is -0.399 e. The summed E-state index contributed by atoms with van der Waals surface area (Å²) in [5.41, 5.74) is -0.0639. The van der Waals surface area contributed by atoms with Gasteiger partial charge in [-0.15, -0.1) is 0 Å². The van der Waals surface area contributed by atoms with E-state index in [-0.39, 0.29) is 6.04 Å². The Morgan fingerprint density at radius 1 is 1.19 bits per heavy atom. The van der Waals surface area contributed by atoms with Gasteiger partial charge >= 0.3 is 7.12 Å². The molecule has 1 aliphatic carbocycles. The van der Waals surface area contributed by atoms with Crippen molar-refractivity contribution in [2.24, 2.45) is 0 Å². The van der Waals surface area contributed by atoms with Gasteiger partial charge in [-0.25, -0.2) is 9.97 Å². The summed E-state index contributed by atoms with van der Waals surface area (Å²) in [6, 6.07) is 0.448. The van der Waals surface area contributed by atoms with E-state index in [1.54, 1.807) is 17.3 Å². The number of carbonyl (C=O) groups excluding carboxylic acids is 1. The molecule has 2 saturated heterocycles. The molecule has 0 spiro atoms. The second kappa shape index (κ2) is 8.31. The van der Waals surface area contributed by atoms with Gasteiger partial charge in [0, 0.05) is 43.0 Å². The molecule has 9 nitrogen and oxygen atoms in total. The molecule has 2 aliphatic heterocycles. The zero-order valence-electron chi connectivity index (χ0n) is 18.8. The predicted molar refractivity (Wildman–Crippen MR) is 116 cm³/mol. The van der Waals surface area contributed by atoms with Crippen molar-refractivity contribution in [1.29, 1.82) is 0 Å². The summed E-state index contributed by atoms with van der Waals surface area (Å²) in [5.74, 6) is 0.227. The van der Waals surface area contributed by atoms with Crippen molar-refractivity contribution < 1.29 is 24.3 Å². The first-order valence-corrected chi connectivity index (χ1v) is 11.2. The van der Waals surface area contributed by atoms with Crippen LogP contribution in [-0.4, -0.2) is 87.2 Å². The largest absolute Gasteiger partial charge is 0.498 e. The average molecular weight is 432 g/mol. The highest BCUT2D eigenvalue weighted by Crippen LogP contribution is 2.37. The number of aliphatic hydroxyl groups is 2. The van der Waals surface area contributed by atoms with Crippen LogP contribution in [0, 0.1) is 0 Å². The Balaban J connectivity index is 1.49. The smallest absolute Gasteiger partial charge is 0.399 e. The lowest BCUT2D eigenvalue weighted by Crippen LogP contribution is -2.53. The highest BCUT2D eigenvalue weighted by Gasteiger charge is 2.52. The van der Waals surface area contributed by atoms with Crippen LogP contribution in [0.5, 0.6) is 0 Å². The molecule has 2 N–H and O–H groups in total. The number of aromatic nitrogens is 2. The molecule has 31 heavy (non-hydrogen) atoms. The van der Waals surface area contributed by atoms with E-state index < -0.39 is 36.9 Å². The number of likely N-dealkylation sites (tertiary alicyclic amines) is 1. The highest BCUT2D eigenvalue weighted by atomic mass is 16.7. The minimum absolute atomic E-state index is 0.0822. The van der Waals surface area contributed by atoms with Gasteiger partial charge in [-0.2, -0.15) is 0 Å². The van der Waals surface area contributed by atoms with Crippen molar-refractivity contribution in [3.05, 3.63) is 12.4 Å². The summed E-state index contributed by atoms with van der Waals surface area (Å²) in [5, 5.41) is 18.9. The number of amides is 1. The lowest BCUT2D eigenvalue weighted by Gasteiger charge is -2.40. The number of aliphatic hydroxyl groups excluding tert-OH is 2. The Labute approximate surface area is 183 Å². The van der Waals surface area contributed by atoms with Gasteiger partial charge in [-0.1, -0.05) is 0 Å². The van der Waals surface area contributed by atoms with Crippen LogP contribution >= 0.6 is 0 Å². The second-order valence-corrected chi connectivity index (χ2v) is 9.82. The Kier molecular flexibility index (Phi) is 6.02. The second-order valence-electron chi connectivity index (χ2n) is 9.82. The number of anilines is 1. The Morgan fingerprint density at radius 2 is 1.81 bits per heavy atom. The standard InChI is InChI=1S/C21H33BN4O5/c1-20(2)21(3,4)31-22(30-20)14-10-23-19(24-11-14)26(15-7-8-15)16-6-5-9-25(12-16)18(29)17(28)13-27/h10-11,15-17,27-28H,5-9,12-13H2,1-4H3/t16-,17?/m1/s1. The summed E-state index contributed by atoms with van der Waals surface area (Å²) in [6.07, 6.45) is 6.09. The van der Waals surface area contributed by atoms with Crippen LogP contribution in [0.15, 0.2) is 12.4 Å². The van der Waals surface area contributed by atoms with Crippen molar-refractivity contribution in [2.75, 3.05) is 24.6 Å². The van der Waals surface area contributed by atoms with Crippen LogP contribution in [0.1, 0.15) is 53.4 Å². The molecule has 2 atom stereocenters. The average Bonchev–Trinajstić information content (AvgIpc) is 3.54. The summed E-state index contributed by atoms with van der Waals surface area (Å²) < 4.78 is 12.2. The van der Waals surface area contributed by atoms with Crippen molar-refractivity contribution in [1.82, 2.24) is 14.9 Å². The Bertz CT molecular complexity index is 785. The van der Waals surface area contributed by atoms with E-state index >= 15 is 0 Å². The molecule has 1 aromatic heterocycles. The lowest BCUT2D eigenvalue weighted by molar-refractivity contribution is -0.143. The maximum atomic E-state index is 12.4. The first-order chi connectivity index (χ1) is 14.6. The van der Waals surface area contributed by atoms with Crippen molar-refractivity contribution >= 4 is 24.4 Å². The number of piperidine rings is 1. The summed E-state index contributed by atoms with van der Waals surface area (Å²) >= 11 is 0. The molecule has 4 rings (SSSR count). The molecule has 1 saturated carbocycles. The number of carbonyl (C=O) groups is 1. The molecule has 0 aromatic carbocycles. The topological polar surface area (TPSA) is 108 Å². The van der Waals surface area contributed by atoms with Crippen LogP contribution in [0.3, 0.4) is 0 Å². The van der Waals surface area contributed by atoms with Gasteiger partial charge in [0.25, 0.3) is 5.91 Å². The quantitative estimate of drug-likeness (QED) is 0.609. The molecule has 10 heteroatoms. The first kappa shape index (κ1) is 22.4. The van der Waals surface area contributed by atoms with E-state index in [0.717, 1.165) is 31.1 Å². The first-order valence-electron chi connectivity index (χ1n) is 11.2. The predicted octanol–water partition coefficient (Wildman–Crippen LogP) is 0.0888. The molecular weight excluding hydrogens is 399 g/mol. The summed E-state index contributed by atoms with van der Waals surface area (Å²) in [4.78, 5) is 25.5. The molecule has 1 aromatic rings. The summed E-state index contributed by atoms with van der Waals surface area (Å²) in [7, 11) is -0.504. The van der Waals surface area contributed by atoms with E-state index in [9.17, 15) is 9.90 Å². The van der Waals surface area contributed by atoms with E-state index in [4.69, 9.17) is 14.4 Å². The highest BCUT2D eigenvalue weighted by molar-refractivity contribution is 6.61. The SMILES string of the molecule is CC1(C)OB(c2cnc(N(C3CC3)[C@@H]3CCCN(C(=O)C(O)CO)C3)nc2)OC1(C)C. The van der Waals surface area contributed by atoms with Crippen LogP contribution < -0.4 is 10.4 Å². The van der Waals surface area contributed by atoms with E-state index in [1.165, 1.54) is 0 Å². The third-order valence-electron chi connectivity index (χ3n) is 6.91. The van der Waals surface area contributed by atoms with Gasteiger partial charge in [0.2, 0.25) is 5.95 Å². The molecule has 1 amide bonds. The molecule has 3 aliphatic rings. The minimum atomic E-state index is -1.36. The molecule has 0 bridgehead atoms. The monoisotopic (exact) mass is 432 g/mol. The fourth-order valence-corrected chi connectivity index (χ4v) is 4.21. The molecular formula is C21H33BN4O5. The Morgan fingerprint density at radius 3 is 2.35 bits per heavy atom. The molecule has 3 fully saturated rings. The van der Waals surface area contributed by atoms with Crippen molar-refractivity contribution in [3.63, 3.8) is 0 Å². The third kappa shape index (κ3) is 4.44. The number of rotatable bonds is 6. The third-order valence-corrected chi connectivity index (χ3v) is 6.91. The fourth-order valence-electron chi connectivity index (χ4n) is 4.21. The van der Waals surface area contributed by atoms with Gasteiger partial charge in [-0.05, 0) is 53.4 Å². The molecule has 170 valence electrons. The zero-order valence-corrected chi connectivity index (χ0v) is 18.8. The number of hydrogen-bond acceptors (Lipinski definition) is 8. The van der Waals surface area contributed by atoms with Crippen molar-refractivity contribution in [2.45, 2.75) is 82.8 Å². The zero-order chi connectivity index (χ0) is 22.4. The van der Waals surface area contributed by atoms with Crippen LogP contribution in [-0.2, 0) is 14.1 Å². The number of nitrogens with zero attached hydrogens (tertiary/aromatic N) is 4. The van der Waals surface area contributed by atoms with E-state index in [2.05, 4.69) is 14.9 Å². The lowest BCUT2D eigenvalue weighted by atomic mass is 9.81. The van der Waals surface area contributed by atoms with Crippen LogP contribution in [0.2, 0.25) is 0 Å². The van der Waals surface area contributed by atoms with Gasteiger partial charge in [0.05, 0.1) is 17.8 Å².